The third kappa shape index (κ3) is 2.23. The molecule has 0 atom stereocenters. The van der Waals surface area contributed by atoms with Crippen molar-refractivity contribution < 1.29 is 13.2 Å². The standard InChI is InChI=1S/C13H14F3NS/c1-8(17-5-3-4-6-17)11-9(14)7-10(18-2)12(15)13(11)16/h7H,1,3-6H2,2H3. The lowest BCUT2D eigenvalue weighted by molar-refractivity contribution is 0.452. The summed E-state index contributed by atoms with van der Waals surface area (Å²) in [6.07, 6.45) is 3.51. The van der Waals surface area contributed by atoms with Crippen molar-refractivity contribution in [2.24, 2.45) is 0 Å². The molecule has 1 heterocycles. The van der Waals surface area contributed by atoms with Crippen LogP contribution >= 0.6 is 11.8 Å². The summed E-state index contributed by atoms with van der Waals surface area (Å²) in [5.41, 5.74) is -0.110. The molecule has 1 fully saturated rings. The van der Waals surface area contributed by atoms with Gasteiger partial charge in [-0.25, -0.2) is 13.2 Å². The normalized spacial score (nSPS) is 15.2. The van der Waals surface area contributed by atoms with Crippen LogP contribution < -0.4 is 0 Å². The van der Waals surface area contributed by atoms with Crippen molar-refractivity contribution in [3.05, 3.63) is 35.7 Å². The van der Waals surface area contributed by atoms with Crippen LogP contribution in [0.2, 0.25) is 0 Å². The molecule has 0 aromatic heterocycles. The average Bonchev–Trinajstić information content (AvgIpc) is 2.87. The van der Waals surface area contributed by atoms with E-state index in [2.05, 4.69) is 6.58 Å². The fourth-order valence-electron chi connectivity index (χ4n) is 2.13. The van der Waals surface area contributed by atoms with Crippen LogP contribution in [-0.4, -0.2) is 24.2 Å². The quantitative estimate of drug-likeness (QED) is 0.607. The molecular weight excluding hydrogens is 259 g/mol. The van der Waals surface area contributed by atoms with Gasteiger partial charge in [0.15, 0.2) is 11.6 Å². The maximum Gasteiger partial charge on any atom is 0.173 e. The first-order chi connectivity index (χ1) is 8.56. The molecule has 1 aromatic carbocycles. The largest absolute Gasteiger partial charge is 0.371 e. The minimum Gasteiger partial charge on any atom is -0.371 e. The van der Waals surface area contributed by atoms with Crippen LogP contribution in [0.15, 0.2) is 17.5 Å². The molecule has 0 N–H and O–H groups in total. The number of hydrogen-bond acceptors (Lipinski definition) is 2. The zero-order valence-corrected chi connectivity index (χ0v) is 10.9. The molecule has 2 rings (SSSR count). The predicted molar refractivity (Wildman–Crippen MR) is 67.9 cm³/mol. The Hall–Kier alpha value is -1.10. The Labute approximate surface area is 109 Å². The highest BCUT2D eigenvalue weighted by atomic mass is 32.2. The Bertz CT molecular complexity index is 482. The van der Waals surface area contributed by atoms with Crippen LogP contribution in [0.25, 0.3) is 5.70 Å². The van der Waals surface area contributed by atoms with Crippen molar-refractivity contribution in [1.82, 2.24) is 4.90 Å². The second kappa shape index (κ2) is 5.26. The monoisotopic (exact) mass is 273 g/mol. The van der Waals surface area contributed by atoms with Gasteiger partial charge in [0.2, 0.25) is 0 Å². The van der Waals surface area contributed by atoms with Crippen LogP contribution in [0.4, 0.5) is 13.2 Å². The minimum absolute atomic E-state index is 0.0250. The highest BCUT2D eigenvalue weighted by molar-refractivity contribution is 7.98. The molecular formula is C13H14F3NS. The number of likely N-dealkylation sites (tertiary alicyclic amines) is 1. The maximum absolute atomic E-state index is 13.9. The van der Waals surface area contributed by atoms with Crippen LogP contribution in [0.3, 0.4) is 0 Å². The van der Waals surface area contributed by atoms with Gasteiger partial charge in [-0.15, -0.1) is 11.8 Å². The van der Waals surface area contributed by atoms with Crippen molar-refractivity contribution in [3.63, 3.8) is 0 Å². The number of benzene rings is 1. The number of hydrogen-bond donors (Lipinski definition) is 0. The van der Waals surface area contributed by atoms with Crippen molar-refractivity contribution in [1.29, 1.82) is 0 Å². The molecule has 0 aliphatic carbocycles. The first-order valence-electron chi connectivity index (χ1n) is 5.72. The molecule has 18 heavy (non-hydrogen) atoms. The number of nitrogens with zero attached hydrogens (tertiary/aromatic N) is 1. The second-order valence-electron chi connectivity index (χ2n) is 4.20. The van der Waals surface area contributed by atoms with Crippen molar-refractivity contribution in [2.45, 2.75) is 17.7 Å². The first kappa shape index (κ1) is 13.3. The predicted octanol–water partition coefficient (Wildman–Crippen LogP) is 3.89. The van der Waals surface area contributed by atoms with Gasteiger partial charge >= 0.3 is 0 Å². The Morgan fingerprint density at radius 2 is 1.83 bits per heavy atom. The fourth-order valence-corrected chi connectivity index (χ4v) is 2.62. The third-order valence-corrected chi connectivity index (χ3v) is 3.86. The van der Waals surface area contributed by atoms with Crippen molar-refractivity contribution in [3.8, 4) is 0 Å². The molecule has 5 heteroatoms. The summed E-state index contributed by atoms with van der Waals surface area (Å²) in [7, 11) is 0. The van der Waals surface area contributed by atoms with Crippen LogP contribution in [0.5, 0.6) is 0 Å². The second-order valence-corrected chi connectivity index (χ2v) is 5.05. The molecule has 0 amide bonds. The van der Waals surface area contributed by atoms with Gasteiger partial charge in [-0.3, -0.25) is 0 Å². The molecule has 1 nitrogen and oxygen atoms in total. The van der Waals surface area contributed by atoms with Crippen LogP contribution in [-0.2, 0) is 0 Å². The smallest absolute Gasteiger partial charge is 0.173 e. The number of thioether (sulfide) groups is 1. The third-order valence-electron chi connectivity index (χ3n) is 3.12. The summed E-state index contributed by atoms with van der Waals surface area (Å²) in [5.74, 6) is -2.90. The van der Waals surface area contributed by atoms with E-state index in [0.717, 1.165) is 30.7 Å². The zero-order valence-electron chi connectivity index (χ0n) is 10.1. The van der Waals surface area contributed by atoms with Gasteiger partial charge in [0.05, 0.1) is 5.56 Å². The lowest BCUT2D eigenvalue weighted by Gasteiger charge is -2.21. The summed E-state index contributed by atoms with van der Waals surface area (Å²) in [6, 6.07) is 1.03. The Morgan fingerprint density at radius 3 is 2.39 bits per heavy atom. The average molecular weight is 273 g/mol. The Kier molecular flexibility index (Phi) is 3.90. The fraction of sp³-hybridized carbons (Fsp3) is 0.385. The summed E-state index contributed by atoms with van der Waals surface area (Å²) >= 11 is 0.978. The van der Waals surface area contributed by atoms with E-state index >= 15 is 0 Å². The summed E-state index contributed by atoms with van der Waals surface area (Å²) in [4.78, 5) is 1.77. The summed E-state index contributed by atoms with van der Waals surface area (Å²) in [5, 5.41) is 0. The van der Waals surface area contributed by atoms with E-state index in [1.54, 1.807) is 11.2 Å². The van der Waals surface area contributed by atoms with Gasteiger partial charge in [0, 0.05) is 23.7 Å². The van der Waals surface area contributed by atoms with Gasteiger partial charge < -0.3 is 4.90 Å². The van der Waals surface area contributed by atoms with Gasteiger partial charge in [0.1, 0.15) is 5.82 Å². The molecule has 0 unspecified atom stereocenters. The minimum atomic E-state index is -1.14. The Balaban J connectivity index is 2.44. The van der Waals surface area contributed by atoms with Gasteiger partial charge in [-0.05, 0) is 25.2 Å². The molecule has 1 aliphatic rings. The van der Waals surface area contributed by atoms with Crippen LogP contribution in [0.1, 0.15) is 18.4 Å². The molecule has 0 saturated carbocycles. The topological polar surface area (TPSA) is 3.24 Å². The number of halogens is 3. The molecule has 0 bridgehead atoms. The van der Waals surface area contributed by atoms with Crippen molar-refractivity contribution in [2.75, 3.05) is 19.3 Å². The van der Waals surface area contributed by atoms with E-state index in [9.17, 15) is 13.2 Å². The molecule has 0 radical (unpaired) electrons. The Morgan fingerprint density at radius 1 is 1.22 bits per heavy atom. The lowest BCUT2D eigenvalue weighted by Crippen LogP contribution is -2.19. The van der Waals surface area contributed by atoms with Gasteiger partial charge in [-0.1, -0.05) is 6.58 Å². The van der Waals surface area contributed by atoms with E-state index < -0.39 is 17.5 Å². The highest BCUT2D eigenvalue weighted by Gasteiger charge is 2.24. The van der Waals surface area contributed by atoms with E-state index in [1.807, 2.05) is 0 Å². The van der Waals surface area contributed by atoms with Crippen molar-refractivity contribution >= 4 is 17.5 Å². The molecule has 1 aromatic rings. The molecule has 1 saturated heterocycles. The summed E-state index contributed by atoms with van der Waals surface area (Å²) in [6.45, 7) is 5.12. The van der Waals surface area contributed by atoms with E-state index in [0.29, 0.717) is 13.1 Å². The first-order valence-corrected chi connectivity index (χ1v) is 6.94. The lowest BCUT2D eigenvalue weighted by atomic mass is 10.1. The van der Waals surface area contributed by atoms with E-state index in [-0.39, 0.29) is 16.2 Å². The number of rotatable bonds is 3. The highest BCUT2D eigenvalue weighted by Crippen LogP contribution is 2.32. The maximum atomic E-state index is 13.9. The molecule has 0 spiro atoms. The SMILES string of the molecule is C=C(c1c(F)cc(SC)c(F)c1F)N1CCCC1. The van der Waals surface area contributed by atoms with Gasteiger partial charge in [0.25, 0.3) is 0 Å². The van der Waals surface area contributed by atoms with Crippen LogP contribution in [0, 0.1) is 17.5 Å². The van der Waals surface area contributed by atoms with Gasteiger partial charge in [-0.2, -0.15) is 0 Å². The molecule has 1 aliphatic heterocycles. The summed E-state index contributed by atoms with van der Waals surface area (Å²) < 4.78 is 41.4. The zero-order chi connectivity index (χ0) is 13.3. The van der Waals surface area contributed by atoms with E-state index in [4.69, 9.17) is 0 Å². The molecule has 98 valence electrons. The van der Waals surface area contributed by atoms with E-state index in [1.165, 1.54) is 0 Å².